The first-order valence-electron chi connectivity index (χ1n) is 5.11. The summed E-state index contributed by atoms with van der Waals surface area (Å²) in [6.07, 6.45) is 1.71. The van der Waals surface area contributed by atoms with Gasteiger partial charge in [-0.25, -0.2) is 4.98 Å². The number of rotatable bonds is 5. The lowest BCUT2D eigenvalue weighted by Crippen LogP contribution is -2.28. The molecule has 1 N–H and O–H groups in total. The summed E-state index contributed by atoms with van der Waals surface area (Å²) in [6.45, 7) is 4.84. The van der Waals surface area contributed by atoms with Gasteiger partial charge in [0.05, 0.1) is 18.3 Å². The van der Waals surface area contributed by atoms with Gasteiger partial charge in [-0.05, 0) is 26.0 Å². The second-order valence-corrected chi connectivity index (χ2v) is 3.88. The van der Waals surface area contributed by atoms with E-state index in [1.165, 1.54) is 0 Å². The van der Waals surface area contributed by atoms with Crippen LogP contribution in [-0.2, 0) is 4.74 Å². The van der Waals surface area contributed by atoms with Crippen LogP contribution >= 0.6 is 11.6 Å². The van der Waals surface area contributed by atoms with Crippen molar-refractivity contribution in [2.45, 2.75) is 20.0 Å². The normalized spacial score (nSPS) is 10.5. The van der Waals surface area contributed by atoms with Crippen LogP contribution in [0.25, 0.3) is 0 Å². The van der Waals surface area contributed by atoms with Crippen LogP contribution in [0.15, 0.2) is 18.3 Å². The number of aromatic nitrogens is 1. The fourth-order valence-electron chi connectivity index (χ4n) is 1.11. The van der Waals surface area contributed by atoms with E-state index in [4.69, 9.17) is 16.3 Å². The quantitative estimate of drug-likeness (QED) is 0.634. The van der Waals surface area contributed by atoms with Crippen LogP contribution in [0, 0.1) is 0 Å². The molecule has 4 nitrogen and oxygen atoms in total. The molecule has 0 saturated heterocycles. The Hall–Kier alpha value is -1.13. The average Bonchev–Trinajstić information content (AvgIpc) is 2.24. The van der Waals surface area contributed by atoms with Crippen molar-refractivity contribution in [3.05, 3.63) is 29.0 Å². The first kappa shape index (κ1) is 12.9. The predicted molar refractivity (Wildman–Crippen MR) is 62.7 cm³/mol. The highest BCUT2D eigenvalue weighted by Crippen LogP contribution is 2.10. The Morgan fingerprint density at radius 1 is 1.62 bits per heavy atom. The zero-order chi connectivity index (χ0) is 12.0. The lowest BCUT2D eigenvalue weighted by molar-refractivity contribution is 0.0746. The van der Waals surface area contributed by atoms with Crippen LogP contribution in [-0.4, -0.2) is 30.1 Å². The van der Waals surface area contributed by atoms with Gasteiger partial charge >= 0.3 is 0 Å². The van der Waals surface area contributed by atoms with E-state index >= 15 is 0 Å². The summed E-state index contributed by atoms with van der Waals surface area (Å²) in [5.74, 6) is -0.231. The minimum Gasteiger partial charge on any atom is -0.377 e. The van der Waals surface area contributed by atoms with Crippen molar-refractivity contribution < 1.29 is 9.53 Å². The monoisotopic (exact) mass is 242 g/mol. The van der Waals surface area contributed by atoms with E-state index in [1.807, 2.05) is 13.8 Å². The molecule has 0 saturated carbocycles. The van der Waals surface area contributed by atoms with E-state index in [0.29, 0.717) is 18.7 Å². The zero-order valence-corrected chi connectivity index (χ0v) is 10.1. The van der Waals surface area contributed by atoms with E-state index in [2.05, 4.69) is 10.3 Å². The molecule has 16 heavy (non-hydrogen) atoms. The van der Waals surface area contributed by atoms with E-state index in [9.17, 15) is 4.79 Å². The topological polar surface area (TPSA) is 51.2 Å². The molecular weight excluding hydrogens is 228 g/mol. The number of nitrogens with zero attached hydrogens (tertiary/aromatic N) is 1. The summed E-state index contributed by atoms with van der Waals surface area (Å²) < 4.78 is 5.30. The molecule has 0 aliphatic heterocycles. The largest absolute Gasteiger partial charge is 0.377 e. The molecule has 5 heteroatoms. The number of nitrogens with one attached hydrogen (secondary N) is 1. The van der Waals surface area contributed by atoms with Gasteiger partial charge in [-0.3, -0.25) is 4.79 Å². The SMILES string of the molecule is CC(C)OCCNC(=O)c1cccnc1Cl. The molecule has 0 unspecified atom stereocenters. The minimum atomic E-state index is -0.231. The summed E-state index contributed by atoms with van der Waals surface area (Å²) in [6, 6.07) is 3.30. The van der Waals surface area contributed by atoms with Crippen molar-refractivity contribution in [3.8, 4) is 0 Å². The van der Waals surface area contributed by atoms with Gasteiger partial charge in [0.25, 0.3) is 5.91 Å². The van der Waals surface area contributed by atoms with Crippen LogP contribution < -0.4 is 5.32 Å². The standard InChI is InChI=1S/C11H15ClN2O2/c1-8(2)16-7-6-14-11(15)9-4-3-5-13-10(9)12/h3-5,8H,6-7H2,1-2H3,(H,14,15). The van der Waals surface area contributed by atoms with Gasteiger partial charge in [0.2, 0.25) is 0 Å². The fraction of sp³-hybridized carbons (Fsp3) is 0.455. The van der Waals surface area contributed by atoms with Gasteiger partial charge in [0.15, 0.2) is 0 Å². The molecule has 0 aliphatic rings. The molecule has 0 atom stereocenters. The molecule has 1 heterocycles. The van der Waals surface area contributed by atoms with Crippen LogP contribution in [0.4, 0.5) is 0 Å². The predicted octanol–water partition coefficient (Wildman–Crippen LogP) is 1.89. The van der Waals surface area contributed by atoms with Gasteiger partial charge in [0.1, 0.15) is 5.15 Å². The first-order chi connectivity index (χ1) is 7.61. The number of hydrogen-bond donors (Lipinski definition) is 1. The molecule has 0 spiro atoms. The van der Waals surface area contributed by atoms with Crippen molar-refractivity contribution in [2.24, 2.45) is 0 Å². The molecule has 88 valence electrons. The van der Waals surface area contributed by atoms with E-state index in [1.54, 1.807) is 18.3 Å². The first-order valence-corrected chi connectivity index (χ1v) is 5.49. The van der Waals surface area contributed by atoms with Gasteiger partial charge in [-0.2, -0.15) is 0 Å². The van der Waals surface area contributed by atoms with E-state index < -0.39 is 0 Å². The van der Waals surface area contributed by atoms with Crippen molar-refractivity contribution in [1.29, 1.82) is 0 Å². The third-order valence-electron chi connectivity index (χ3n) is 1.84. The maximum absolute atomic E-state index is 11.6. The summed E-state index contributed by atoms with van der Waals surface area (Å²) in [5.41, 5.74) is 0.383. The second-order valence-electron chi connectivity index (χ2n) is 3.52. The number of hydrogen-bond acceptors (Lipinski definition) is 3. The number of carbonyl (C=O) groups excluding carboxylic acids is 1. The van der Waals surface area contributed by atoms with Crippen molar-refractivity contribution in [3.63, 3.8) is 0 Å². The molecule has 0 aromatic carbocycles. The Balaban J connectivity index is 2.39. The lowest BCUT2D eigenvalue weighted by Gasteiger charge is -2.08. The number of carbonyl (C=O) groups is 1. The number of ether oxygens (including phenoxy) is 1. The maximum Gasteiger partial charge on any atom is 0.254 e. The van der Waals surface area contributed by atoms with E-state index in [0.717, 1.165) is 0 Å². The Kier molecular flexibility index (Phi) is 5.22. The number of amides is 1. The van der Waals surface area contributed by atoms with Crippen LogP contribution in [0.2, 0.25) is 5.15 Å². The highest BCUT2D eigenvalue weighted by Gasteiger charge is 2.09. The van der Waals surface area contributed by atoms with Crippen molar-refractivity contribution in [2.75, 3.05) is 13.2 Å². The summed E-state index contributed by atoms with van der Waals surface area (Å²) in [7, 11) is 0. The van der Waals surface area contributed by atoms with E-state index in [-0.39, 0.29) is 17.2 Å². The molecule has 1 aromatic rings. The molecule has 1 rings (SSSR count). The molecule has 0 aliphatic carbocycles. The zero-order valence-electron chi connectivity index (χ0n) is 9.37. The van der Waals surface area contributed by atoms with Crippen LogP contribution in [0.3, 0.4) is 0 Å². The minimum absolute atomic E-state index is 0.166. The van der Waals surface area contributed by atoms with Crippen molar-refractivity contribution in [1.82, 2.24) is 10.3 Å². The second kappa shape index (κ2) is 6.45. The molecule has 0 fully saturated rings. The highest BCUT2D eigenvalue weighted by molar-refractivity contribution is 6.32. The highest BCUT2D eigenvalue weighted by atomic mass is 35.5. The Labute approximate surface area is 100.0 Å². The van der Waals surface area contributed by atoms with Crippen LogP contribution in [0.1, 0.15) is 24.2 Å². The lowest BCUT2D eigenvalue weighted by atomic mass is 10.3. The average molecular weight is 243 g/mol. The Morgan fingerprint density at radius 2 is 2.38 bits per heavy atom. The summed E-state index contributed by atoms with van der Waals surface area (Å²) in [5, 5.41) is 2.92. The van der Waals surface area contributed by atoms with Gasteiger partial charge in [0, 0.05) is 12.7 Å². The van der Waals surface area contributed by atoms with Gasteiger partial charge in [-0.1, -0.05) is 11.6 Å². The third kappa shape index (κ3) is 4.16. The molecular formula is C11H15ClN2O2. The molecule has 0 radical (unpaired) electrons. The Morgan fingerprint density at radius 3 is 3.00 bits per heavy atom. The molecule has 0 bridgehead atoms. The van der Waals surface area contributed by atoms with Crippen molar-refractivity contribution >= 4 is 17.5 Å². The van der Waals surface area contributed by atoms with Gasteiger partial charge in [-0.15, -0.1) is 0 Å². The third-order valence-corrected chi connectivity index (χ3v) is 2.14. The number of halogens is 1. The Bertz CT molecular complexity index is 356. The molecule has 1 amide bonds. The smallest absolute Gasteiger partial charge is 0.254 e. The molecule has 1 aromatic heterocycles. The van der Waals surface area contributed by atoms with Crippen LogP contribution in [0.5, 0.6) is 0 Å². The number of pyridine rings is 1. The van der Waals surface area contributed by atoms with Gasteiger partial charge < -0.3 is 10.1 Å². The summed E-state index contributed by atoms with van der Waals surface area (Å²) in [4.78, 5) is 15.4. The maximum atomic E-state index is 11.6. The fourth-order valence-corrected chi connectivity index (χ4v) is 1.31. The summed E-state index contributed by atoms with van der Waals surface area (Å²) >= 11 is 5.78.